The number of hydrogen-bond donors (Lipinski definition) is 3. The minimum Gasteiger partial charge on any atom is -0.488 e. The molecule has 3 heterocycles. The quantitative estimate of drug-likeness (QED) is 0.119. The molecular formula is C43H59N7O7. The van der Waals surface area contributed by atoms with Gasteiger partial charge in [-0.1, -0.05) is 52.3 Å². The molecule has 1 aliphatic heterocycles. The molecule has 308 valence electrons. The highest BCUT2D eigenvalue weighted by Gasteiger charge is 2.24. The molecule has 0 aliphatic carbocycles. The Bertz CT molecular complexity index is 2120. The third-order valence-corrected chi connectivity index (χ3v) is 8.58. The average Bonchev–Trinajstić information content (AvgIpc) is 3.82. The van der Waals surface area contributed by atoms with E-state index in [1.807, 2.05) is 40.7 Å². The Hall–Kier alpha value is -5.63. The first-order valence-electron chi connectivity index (χ1n) is 19.5. The van der Waals surface area contributed by atoms with Crippen molar-refractivity contribution in [2.45, 2.75) is 93.0 Å². The number of aromatic nitrogens is 4. The van der Waals surface area contributed by atoms with Gasteiger partial charge in [-0.25, -0.2) is 19.6 Å². The van der Waals surface area contributed by atoms with Gasteiger partial charge in [-0.2, -0.15) is 0 Å². The maximum atomic E-state index is 12.9. The van der Waals surface area contributed by atoms with Crippen LogP contribution in [-0.4, -0.2) is 94.4 Å². The van der Waals surface area contributed by atoms with Crippen LogP contribution in [0.15, 0.2) is 48.7 Å². The third kappa shape index (κ3) is 11.7. The van der Waals surface area contributed by atoms with Crippen molar-refractivity contribution in [3.63, 3.8) is 0 Å². The minimum atomic E-state index is -0.649. The summed E-state index contributed by atoms with van der Waals surface area (Å²) in [6, 6.07) is 14.6. The number of methoxy groups -OCH3 is 2. The molecule has 2 aromatic heterocycles. The molecule has 0 spiro atoms. The number of nitrogens with one attached hydrogen (secondary N) is 3. The third-order valence-electron chi connectivity index (χ3n) is 8.58. The SMILES string of the molecule is CCC.CCCN(Cc1ncc(-c2ccc3c(c2)COc2cc4c(ccc5[nH]c(CN(CCC)C(=O)OC(C)(C)C)nc54)cc2-3)[nH]1)C(=O)CNC(=O)OC.COC. The molecule has 6 rings (SSSR count). The van der Waals surface area contributed by atoms with Crippen molar-refractivity contribution in [3.8, 4) is 28.1 Å². The number of ether oxygens (including phenoxy) is 4. The predicted molar refractivity (Wildman–Crippen MR) is 223 cm³/mol. The van der Waals surface area contributed by atoms with Gasteiger partial charge in [0.1, 0.15) is 36.2 Å². The van der Waals surface area contributed by atoms with Crippen molar-refractivity contribution < 1.29 is 33.3 Å². The van der Waals surface area contributed by atoms with Crippen LogP contribution in [-0.2, 0) is 38.7 Å². The Labute approximate surface area is 335 Å². The number of H-pyrrole nitrogens is 2. The summed E-state index contributed by atoms with van der Waals surface area (Å²) >= 11 is 0. The molecule has 0 saturated heterocycles. The normalized spacial score (nSPS) is 11.5. The van der Waals surface area contributed by atoms with E-state index in [-0.39, 0.29) is 25.1 Å². The van der Waals surface area contributed by atoms with Gasteiger partial charge in [0, 0.05) is 38.3 Å². The highest BCUT2D eigenvalue weighted by atomic mass is 16.6. The number of benzene rings is 3. The van der Waals surface area contributed by atoms with Gasteiger partial charge in [-0.3, -0.25) is 4.79 Å². The molecule has 3 aromatic carbocycles. The Morgan fingerprint density at radius 2 is 1.56 bits per heavy atom. The summed E-state index contributed by atoms with van der Waals surface area (Å²) in [4.78, 5) is 56.6. The molecule has 3 N–H and O–H groups in total. The second-order valence-electron chi connectivity index (χ2n) is 14.8. The summed E-state index contributed by atoms with van der Waals surface area (Å²) in [6.07, 6.45) is 3.58. The molecule has 0 atom stereocenters. The van der Waals surface area contributed by atoms with E-state index in [1.54, 1.807) is 30.2 Å². The predicted octanol–water partition coefficient (Wildman–Crippen LogP) is 8.59. The summed E-state index contributed by atoms with van der Waals surface area (Å²) < 4.78 is 20.8. The summed E-state index contributed by atoms with van der Waals surface area (Å²) in [5.74, 6) is 1.90. The number of amides is 3. The molecule has 3 amide bonds. The highest BCUT2D eigenvalue weighted by molar-refractivity contribution is 6.07. The molecule has 1 aliphatic rings. The topological polar surface area (TPSA) is 164 Å². The number of carbonyl (C=O) groups is 3. The van der Waals surface area contributed by atoms with Gasteiger partial charge in [0.15, 0.2) is 0 Å². The van der Waals surface area contributed by atoms with E-state index in [0.29, 0.717) is 37.9 Å². The lowest BCUT2D eigenvalue weighted by atomic mass is 9.92. The molecule has 0 saturated carbocycles. The first kappa shape index (κ1) is 44.1. The minimum absolute atomic E-state index is 0.150. The van der Waals surface area contributed by atoms with Crippen LogP contribution in [0.1, 0.15) is 84.9 Å². The molecule has 14 nitrogen and oxygen atoms in total. The van der Waals surface area contributed by atoms with E-state index in [9.17, 15) is 14.4 Å². The molecule has 57 heavy (non-hydrogen) atoms. The van der Waals surface area contributed by atoms with Crippen LogP contribution in [0.25, 0.3) is 44.2 Å². The van der Waals surface area contributed by atoms with Gasteiger partial charge in [0.2, 0.25) is 5.91 Å². The molecule has 14 heteroatoms. The van der Waals surface area contributed by atoms with Crippen LogP contribution in [0, 0.1) is 0 Å². The fourth-order valence-electron chi connectivity index (χ4n) is 6.26. The smallest absolute Gasteiger partial charge is 0.410 e. The first-order chi connectivity index (χ1) is 27.3. The largest absolute Gasteiger partial charge is 0.488 e. The van der Waals surface area contributed by atoms with Gasteiger partial charge in [-0.05, 0) is 80.0 Å². The summed E-state index contributed by atoms with van der Waals surface area (Å²) in [6.45, 7) is 15.8. The standard InChI is InChI=1S/C38H45N7O6.C3H8.C2H6O/c1-7-13-44(34(46)19-40-36(47)49-6)20-32-39-18-30(42-32)24-9-11-26-25(15-24)22-50-31-17-27-23(16-28(26)31)10-12-29-35(27)43-33(41-29)21-45(14-8-2)37(48)51-38(3,4)5;2*1-3-2/h9-12,15-18H,7-8,13-14,19-22H2,1-6H3,(H,39,42)(H,40,47)(H,41,43);3H2,1-2H3;1-2H3. The van der Waals surface area contributed by atoms with Gasteiger partial charge in [0.25, 0.3) is 0 Å². The van der Waals surface area contributed by atoms with Gasteiger partial charge in [0.05, 0.1) is 43.1 Å². The second-order valence-corrected chi connectivity index (χ2v) is 14.8. The van der Waals surface area contributed by atoms with E-state index < -0.39 is 11.7 Å². The zero-order valence-corrected chi connectivity index (χ0v) is 35.1. The lowest BCUT2D eigenvalue weighted by Gasteiger charge is -2.26. The van der Waals surface area contributed by atoms with E-state index in [4.69, 9.17) is 14.5 Å². The number of carbonyl (C=O) groups excluding carboxylic acids is 3. The number of rotatable bonds is 11. The van der Waals surface area contributed by atoms with Crippen molar-refractivity contribution >= 4 is 39.9 Å². The van der Waals surface area contributed by atoms with E-state index in [2.05, 4.69) is 80.0 Å². The monoisotopic (exact) mass is 785 g/mol. The van der Waals surface area contributed by atoms with Crippen molar-refractivity contribution in [1.29, 1.82) is 0 Å². The lowest BCUT2D eigenvalue weighted by Crippen LogP contribution is -2.40. The van der Waals surface area contributed by atoms with E-state index in [1.165, 1.54) is 13.5 Å². The molecule has 0 fully saturated rings. The van der Waals surface area contributed by atoms with Crippen LogP contribution >= 0.6 is 0 Å². The average molecular weight is 786 g/mol. The van der Waals surface area contributed by atoms with Gasteiger partial charge in [-0.15, -0.1) is 0 Å². The summed E-state index contributed by atoms with van der Waals surface area (Å²) in [7, 11) is 4.51. The van der Waals surface area contributed by atoms with Crippen molar-refractivity contribution in [1.82, 2.24) is 35.1 Å². The maximum Gasteiger partial charge on any atom is 0.410 e. The van der Waals surface area contributed by atoms with Crippen LogP contribution in [0.3, 0.4) is 0 Å². The maximum absolute atomic E-state index is 12.9. The Morgan fingerprint density at radius 1 is 0.877 bits per heavy atom. The molecule has 5 aromatic rings. The number of hydrogen-bond acceptors (Lipinski definition) is 9. The number of imidazole rings is 2. The lowest BCUT2D eigenvalue weighted by molar-refractivity contribution is -0.130. The van der Waals surface area contributed by atoms with Crippen LogP contribution < -0.4 is 10.1 Å². The van der Waals surface area contributed by atoms with Crippen LogP contribution in [0.2, 0.25) is 0 Å². The molecule has 0 bridgehead atoms. The van der Waals surface area contributed by atoms with E-state index in [0.717, 1.165) is 68.3 Å². The molecule has 0 unspecified atom stereocenters. The Balaban J connectivity index is 0.00000113. The number of nitrogens with zero attached hydrogens (tertiary/aromatic N) is 4. The van der Waals surface area contributed by atoms with Crippen LogP contribution in [0.5, 0.6) is 5.75 Å². The van der Waals surface area contributed by atoms with Crippen LogP contribution in [0.4, 0.5) is 9.59 Å². The number of aromatic amines is 2. The van der Waals surface area contributed by atoms with Crippen molar-refractivity contribution in [2.24, 2.45) is 0 Å². The van der Waals surface area contributed by atoms with Gasteiger partial charge < -0.3 is 44.0 Å². The Kier molecular flexibility index (Phi) is 15.9. The Morgan fingerprint density at radius 3 is 2.23 bits per heavy atom. The zero-order chi connectivity index (χ0) is 41.7. The highest BCUT2D eigenvalue weighted by Crippen LogP contribution is 2.42. The molecule has 0 radical (unpaired) electrons. The fourth-order valence-corrected chi connectivity index (χ4v) is 6.26. The first-order valence-corrected chi connectivity index (χ1v) is 19.5. The molecular weight excluding hydrogens is 727 g/mol. The van der Waals surface area contributed by atoms with Crippen molar-refractivity contribution in [3.05, 3.63) is 65.9 Å². The summed E-state index contributed by atoms with van der Waals surface area (Å²) in [5, 5.41) is 4.44. The summed E-state index contributed by atoms with van der Waals surface area (Å²) in [5.41, 5.74) is 6.06. The van der Waals surface area contributed by atoms with Crippen molar-refractivity contribution in [2.75, 3.05) is 41.0 Å². The van der Waals surface area contributed by atoms with E-state index >= 15 is 0 Å². The number of fused-ring (bicyclic) bond motifs is 6. The zero-order valence-electron chi connectivity index (χ0n) is 35.1. The van der Waals surface area contributed by atoms with Gasteiger partial charge >= 0.3 is 12.2 Å². The fraction of sp³-hybridized carbons (Fsp3) is 0.465. The number of alkyl carbamates (subject to hydrolysis) is 1. The second kappa shape index (κ2) is 20.5.